The SMILES string of the molecule is CCC(CC)C[C@@H](C)OC(=O)c1ccc(-c2ccccc2)cc1. The van der Waals surface area contributed by atoms with Crippen LogP contribution in [0.4, 0.5) is 0 Å². The molecule has 0 aliphatic heterocycles. The number of esters is 1. The summed E-state index contributed by atoms with van der Waals surface area (Å²) in [5, 5.41) is 0. The van der Waals surface area contributed by atoms with Crippen molar-refractivity contribution >= 4 is 5.97 Å². The summed E-state index contributed by atoms with van der Waals surface area (Å²) in [5.74, 6) is 0.390. The van der Waals surface area contributed by atoms with Gasteiger partial charge >= 0.3 is 5.97 Å². The van der Waals surface area contributed by atoms with E-state index in [0.29, 0.717) is 11.5 Å². The highest BCUT2D eigenvalue weighted by molar-refractivity contribution is 5.90. The summed E-state index contributed by atoms with van der Waals surface area (Å²) in [6, 6.07) is 17.8. The zero-order chi connectivity index (χ0) is 16.7. The largest absolute Gasteiger partial charge is 0.459 e. The summed E-state index contributed by atoms with van der Waals surface area (Å²) < 4.78 is 5.58. The first-order chi connectivity index (χ1) is 11.1. The Kier molecular flexibility index (Phi) is 6.40. The Balaban J connectivity index is 1.98. The van der Waals surface area contributed by atoms with Crippen LogP contribution in [0.1, 0.15) is 50.4 Å². The molecule has 2 aromatic rings. The Morgan fingerprint density at radius 2 is 1.48 bits per heavy atom. The molecular weight excluding hydrogens is 284 g/mol. The second-order valence-corrected chi connectivity index (χ2v) is 6.08. The fourth-order valence-corrected chi connectivity index (χ4v) is 2.82. The number of hydrogen-bond donors (Lipinski definition) is 0. The molecular formula is C21H26O2. The molecule has 2 aromatic carbocycles. The van der Waals surface area contributed by atoms with Crippen molar-refractivity contribution in [3.63, 3.8) is 0 Å². The lowest BCUT2D eigenvalue weighted by Crippen LogP contribution is -2.18. The van der Waals surface area contributed by atoms with Crippen molar-refractivity contribution in [2.24, 2.45) is 5.92 Å². The molecule has 0 amide bonds. The van der Waals surface area contributed by atoms with E-state index in [1.807, 2.05) is 49.4 Å². The van der Waals surface area contributed by atoms with Gasteiger partial charge in [0.2, 0.25) is 0 Å². The minimum atomic E-state index is -0.233. The van der Waals surface area contributed by atoms with Crippen molar-refractivity contribution < 1.29 is 9.53 Å². The Labute approximate surface area is 139 Å². The quantitative estimate of drug-likeness (QED) is 0.611. The average Bonchev–Trinajstić information content (AvgIpc) is 2.60. The maximum Gasteiger partial charge on any atom is 0.338 e. The van der Waals surface area contributed by atoms with Crippen molar-refractivity contribution in [1.29, 1.82) is 0 Å². The van der Waals surface area contributed by atoms with Gasteiger partial charge in [-0.1, -0.05) is 69.2 Å². The van der Waals surface area contributed by atoms with Crippen LogP contribution in [0.3, 0.4) is 0 Å². The lowest BCUT2D eigenvalue weighted by molar-refractivity contribution is 0.0285. The van der Waals surface area contributed by atoms with E-state index in [2.05, 4.69) is 26.0 Å². The molecule has 2 nitrogen and oxygen atoms in total. The minimum absolute atomic E-state index is 0.0406. The maximum absolute atomic E-state index is 12.2. The van der Waals surface area contributed by atoms with E-state index < -0.39 is 0 Å². The van der Waals surface area contributed by atoms with Crippen LogP contribution in [0, 0.1) is 5.92 Å². The fourth-order valence-electron chi connectivity index (χ4n) is 2.82. The highest BCUT2D eigenvalue weighted by Crippen LogP contribution is 2.21. The topological polar surface area (TPSA) is 26.3 Å². The summed E-state index contributed by atoms with van der Waals surface area (Å²) >= 11 is 0. The molecule has 0 heterocycles. The summed E-state index contributed by atoms with van der Waals surface area (Å²) in [7, 11) is 0. The van der Waals surface area contributed by atoms with Gasteiger partial charge in [0.25, 0.3) is 0 Å². The molecule has 0 aliphatic rings. The molecule has 0 bridgehead atoms. The van der Waals surface area contributed by atoms with Crippen LogP contribution in [-0.4, -0.2) is 12.1 Å². The summed E-state index contributed by atoms with van der Waals surface area (Å²) in [4.78, 5) is 12.2. The fraction of sp³-hybridized carbons (Fsp3) is 0.381. The average molecular weight is 310 g/mol. The second kappa shape index (κ2) is 8.52. The molecule has 0 fully saturated rings. The van der Waals surface area contributed by atoms with E-state index in [0.717, 1.165) is 30.4 Å². The first-order valence-corrected chi connectivity index (χ1v) is 8.50. The summed E-state index contributed by atoms with van der Waals surface area (Å²) in [5.41, 5.74) is 2.86. The smallest absolute Gasteiger partial charge is 0.338 e. The highest BCUT2D eigenvalue weighted by Gasteiger charge is 2.15. The predicted octanol–water partition coefficient (Wildman–Crippen LogP) is 5.73. The number of ether oxygens (including phenoxy) is 1. The van der Waals surface area contributed by atoms with E-state index in [1.165, 1.54) is 0 Å². The van der Waals surface area contributed by atoms with Gasteiger partial charge < -0.3 is 4.74 Å². The standard InChI is InChI=1S/C21H26O2/c1-4-17(5-2)15-16(3)23-21(22)20-13-11-19(12-14-20)18-9-7-6-8-10-18/h6-14,16-17H,4-5,15H2,1-3H3/t16-/m1/s1. The highest BCUT2D eigenvalue weighted by atomic mass is 16.5. The molecule has 0 aliphatic carbocycles. The van der Waals surface area contributed by atoms with Crippen LogP contribution in [0.25, 0.3) is 11.1 Å². The molecule has 0 saturated carbocycles. The Bertz CT molecular complexity index is 597. The van der Waals surface area contributed by atoms with E-state index in [-0.39, 0.29) is 12.1 Å². The van der Waals surface area contributed by atoms with E-state index in [4.69, 9.17) is 4.74 Å². The van der Waals surface area contributed by atoms with Crippen molar-refractivity contribution in [2.75, 3.05) is 0 Å². The van der Waals surface area contributed by atoms with Crippen LogP contribution in [0.5, 0.6) is 0 Å². The van der Waals surface area contributed by atoms with Gasteiger partial charge in [-0.05, 0) is 42.5 Å². The number of benzene rings is 2. The van der Waals surface area contributed by atoms with Crippen LogP contribution in [0.2, 0.25) is 0 Å². The Morgan fingerprint density at radius 3 is 2.04 bits per heavy atom. The van der Waals surface area contributed by atoms with Gasteiger partial charge in [0.15, 0.2) is 0 Å². The molecule has 2 rings (SSSR count). The van der Waals surface area contributed by atoms with Gasteiger partial charge in [-0.2, -0.15) is 0 Å². The third-order valence-electron chi connectivity index (χ3n) is 4.36. The molecule has 0 aromatic heterocycles. The van der Waals surface area contributed by atoms with Crippen molar-refractivity contribution in [1.82, 2.24) is 0 Å². The van der Waals surface area contributed by atoms with Gasteiger partial charge in [0, 0.05) is 0 Å². The molecule has 0 saturated heterocycles. The van der Waals surface area contributed by atoms with E-state index in [1.54, 1.807) is 0 Å². The van der Waals surface area contributed by atoms with Crippen molar-refractivity contribution in [2.45, 2.75) is 46.1 Å². The lowest BCUT2D eigenvalue weighted by atomic mass is 9.97. The second-order valence-electron chi connectivity index (χ2n) is 6.08. The molecule has 0 unspecified atom stereocenters. The van der Waals surface area contributed by atoms with Crippen LogP contribution in [-0.2, 0) is 4.74 Å². The van der Waals surface area contributed by atoms with E-state index >= 15 is 0 Å². The molecule has 0 radical (unpaired) electrons. The molecule has 0 spiro atoms. The van der Waals surface area contributed by atoms with Crippen LogP contribution < -0.4 is 0 Å². The summed E-state index contributed by atoms with van der Waals surface area (Å²) in [6.45, 7) is 6.35. The van der Waals surface area contributed by atoms with Gasteiger partial charge in [0.1, 0.15) is 0 Å². The van der Waals surface area contributed by atoms with Gasteiger partial charge in [-0.3, -0.25) is 0 Å². The summed E-state index contributed by atoms with van der Waals surface area (Å²) in [6.07, 6.45) is 3.15. The number of hydrogen-bond acceptors (Lipinski definition) is 2. The normalized spacial score (nSPS) is 12.2. The number of carbonyl (C=O) groups is 1. The van der Waals surface area contributed by atoms with Crippen molar-refractivity contribution in [3.8, 4) is 11.1 Å². The van der Waals surface area contributed by atoms with Gasteiger partial charge in [-0.25, -0.2) is 4.79 Å². The zero-order valence-electron chi connectivity index (χ0n) is 14.3. The Morgan fingerprint density at radius 1 is 0.913 bits per heavy atom. The maximum atomic E-state index is 12.2. The third kappa shape index (κ3) is 4.95. The molecule has 1 atom stereocenters. The number of rotatable bonds is 7. The molecule has 23 heavy (non-hydrogen) atoms. The minimum Gasteiger partial charge on any atom is -0.459 e. The monoisotopic (exact) mass is 310 g/mol. The first-order valence-electron chi connectivity index (χ1n) is 8.50. The van der Waals surface area contributed by atoms with Crippen LogP contribution in [0.15, 0.2) is 54.6 Å². The van der Waals surface area contributed by atoms with E-state index in [9.17, 15) is 4.79 Å². The van der Waals surface area contributed by atoms with Crippen LogP contribution >= 0.6 is 0 Å². The third-order valence-corrected chi connectivity index (χ3v) is 4.36. The van der Waals surface area contributed by atoms with Gasteiger partial charge in [0.05, 0.1) is 11.7 Å². The number of carbonyl (C=O) groups excluding carboxylic acids is 1. The molecule has 0 N–H and O–H groups in total. The lowest BCUT2D eigenvalue weighted by Gasteiger charge is -2.18. The first kappa shape index (κ1) is 17.3. The zero-order valence-corrected chi connectivity index (χ0v) is 14.3. The predicted molar refractivity (Wildman–Crippen MR) is 95.4 cm³/mol. The van der Waals surface area contributed by atoms with Gasteiger partial charge in [-0.15, -0.1) is 0 Å². The van der Waals surface area contributed by atoms with Crippen molar-refractivity contribution in [3.05, 3.63) is 60.2 Å². The Hall–Kier alpha value is -2.09. The molecule has 122 valence electrons. The molecule has 2 heteroatoms.